The quantitative estimate of drug-likeness (QED) is 0.515. The number of rotatable bonds is 5. The van der Waals surface area contributed by atoms with Gasteiger partial charge in [0.05, 0.1) is 5.69 Å². The van der Waals surface area contributed by atoms with E-state index in [-0.39, 0.29) is 5.82 Å². The minimum Gasteiger partial charge on any atom is -0.360 e. The minimum atomic E-state index is 0.248. The molecule has 0 aliphatic rings. The van der Waals surface area contributed by atoms with Gasteiger partial charge in [-0.05, 0) is 17.3 Å². The van der Waals surface area contributed by atoms with Crippen LogP contribution in [-0.4, -0.2) is 25.6 Å². The molecular formula is C19H13N7S. The Kier molecular flexibility index (Phi) is 4.68. The Labute approximate surface area is 159 Å². The van der Waals surface area contributed by atoms with E-state index in [2.05, 4.69) is 43.5 Å². The molecule has 0 saturated heterocycles. The van der Waals surface area contributed by atoms with E-state index in [4.69, 9.17) is 4.98 Å². The molecule has 0 atom stereocenters. The highest BCUT2D eigenvalue weighted by atomic mass is 32.1. The molecular weight excluding hydrogens is 358 g/mol. The summed E-state index contributed by atoms with van der Waals surface area (Å²) in [4.78, 5) is 4.72. The van der Waals surface area contributed by atoms with Gasteiger partial charge in [-0.1, -0.05) is 42.5 Å². The van der Waals surface area contributed by atoms with Gasteiger partial charge in [0.15, 0.2) is 0 Å². The highest BCUT2D eigenvalue weighted by Gasteiger charge is 2.07. The van der Waals surface area contributed by atoms with Gasteiger partial charge in [-0.2, -0.15) is 10.5 Å². The van der Waals surface area contributed by atoms with Crippen LogP contribution in [-0.2, 0) is 0 Å². The molecule has 0 bridgehead atoms. The molecule has 2 aromatic carbocycles. The molecule has 0 amide bonds. The molecule has 0 spiro atoms. The Morgan fingerprint density at radius 2 is 1.89 bits per heavy atom. The third-order valence-electron chi connectivity index (χ3n) is 3.80. The topological polar surface area (TPSA) is 103 Å². The van der Waals surface area contributed by atoms with E-state index >= 15 is 0 Å². The molecule has 130 valence electrons. The van der Waals surface area contributed by atoms with Crippen LogP contribution in [0.5, 0.6) is 0 Å². The number of allylic oxidation sites excluding steroid dienone is 1. The number of hydrogen-bond donors (Lipinski definition) is 2. The molecule has 4 aromatic rings. The van der Waals surface area contributed by atoms with E-state index in [9.17, 15) is 5.26 Å². The van der Waals surface area contributed by atoms with Crippen LogP contribution in [0.2, 0.25) is 0 Å². The first-order valence-electron chi connectivity index (χ1n) is 8.05. The fourth-order valence-corrected chi connectivity index (χ4v) is 3.27. The second-order valence-corrected chi connectivity index (χ2v) is 6.39. The number of anilines is 1. The molecule has 0 aliphatic heterocycles. The van der Waals surface area contributed by atoms with Gasteiger partial charge < -0.3 is 5.32 Å². The normalized spacial score (nSPS) is 11.1. The predicted molar refractivity (Wildman–Crippen MR) is 104 cm³/mol. The SMILES string of the molecule is N#CC(=CNc1ccc(-c2csc(-c3ccccc3)n2)cc1)c1nn[nH]n1. The molecule has 4 rings (SSSR count). The molecule has 2 aromatic heterocycles. The van der Waals surface area contributed by atoms with E-state index in [0.29, 0.717) is 5.57 Å². The maximum Gasteiger partial charge on any atom is 0.216 e. The van der Waals surface area contributed by atoms with Gasteiger partial charge in [0, 0.05) is 28.4 Å². The summed E-state index contributed by atoms with van der Waals surface area (Å²) >= 11 is 1.62. The van der Waals surface area contributed by atoms with Crippen LogP contribution >= 0.6 is 11.3 Å². The number of nitriles is 1. The molecule has 0 unspecified atom stereocenters. The van der Waals surface area contributed by atoms with Gasteiger partial charge in [0.2, 0.25) is 5.82 Å². The number of aromatic nitrogens is 5. The number of hydrogen-bond acceptors (Lipinski definition) is 7. The van der Waals surface area contributed by atoms with E-state index in [1.165, 1.54) is 0 Å². The molecule has 27 heavy (non-hydrogen) atoms. The molecule has 7 nitrogen and oxygen atoms in total. The van der Waals surface area contributed by atoms with Gasteiger partial charge in [-0.15, -0.1) is 21.5 Å². The van der Waals surface area contributed by atoms with Gasteiger partial charge in [-0.3, -0.25) is 0 Å². The second-order valence-electron chi connectivity index (χ2n) is 5.53. The second kappa shape index (κ2) is 7.59. The molecule has 0 saturated carbocycles. The summed E-state index contributed by atoms with van der Waals surface area (Å²) in [5.41, 5.74) is 4.21. The third-order valence-corrected chi connectivity index (χ3v) is 4.69. The predicted octanol–water partition coefficient (Wildman–Crippen LogP) is 3.97. The average Bonchev–Trinajstić information content (AvgIpc) is 3.42. The van der Waals surface area contributed by atoms with Crippen molar-refractivity contribution in [2.75, 3.05) is 5.32 Å². The molecule has 0 fully saturated rings. The van der Waals surface area contributed by atoms with E-state index in [1.54, 1.807) is 17.5 Å². The first kappa shape index (κ1) is 16.6. The lowest BCUT2D eigenvalue weighted by Gasteiger charge is -2.03. The van der Waals surface area contributed by atoms with Crippen LogP contribution in [0, 0.1) is 11.3 Å². The van der Waals surface area contributed by atoms with Crippen molar-refractivity contribution in [3.05, 3.63) is 72.0 Å². The lowest BCUT2D eigenvalue weighted by molar-refractivity contribution is 0.881. The van der Waals surface area contributed by atoms with Crippen molar-refractivity contribution in [2.45, 2.75) is 0 Å². The summed E-state index contributed by atoms with van der Waals surface area (Å²) in [5.74, 6) is 0.248. The number of nitrogens with one attached hydrogen (secondary N) is 2. The Morgan fingerprint density at radius 1 is 1.07 bits per heavy atom. The van der Waals surface area contributed by atoms with Crippen molar-refractivity contribution in [2.24, 2.45) is 0 Å². The summed E-state index contributed by atoms with van der Waals surface area (Å²) in [6.45, 7) is 0. The van der Waals surface area contributed by atoms with Crippen LogP contribution in [0.15, 0.2) is 66.2 Å². The Morgan fingerprint density at radius 3 is 2.59 bits per heavy atom. The monoisotopic (exact) mass is 371 g/mol. The molecule has 2 N–H and O–H groups in total. The highest BCUT2D eigenvalue weighted by Crippen LogP contribution is 2.29. The van der Waals surface area contributed by atoms with Crippen LogP contribution in [0.3, 0.4) is 0 Å². The van der Waals surface area contributed by atoms with Crippen molar-refractivity contribution in [3.8, 4) is 27.9 Å². The number of thiazole rings is 1. The van der Waals surface area contributed by atoms with E-state index < -0.39 is 0 Å². The zero-order valence-corrected chi connectivity index (χ0v) is 14.8. The number of H-pyrrole nitrogens is 1. The van der Waals surface area contributed by atoms with Gasteiger partial charge in [-0.25, -0.2) is 4.98 Å². The van der Waals surface area contributed by atoms with Crippen molar-refractivity contribution in [1.29, 1.82) is 5.26 Å². The van der Waals surface area contributed by atoms with Crippen LogP contribution in [0.4, 0.5) is 5.69 Å². The number of tetrazole rings is 1. The van der Waals surface area contributed by atoms with Crippen LogP contribution < -0.4 is 5.32 Å². The fourth-order valence-electron chi connectivity index (χ4n) is 2.44. The lowest BCUT2D eigenvalue weighted by atomic mass is 10.1. The van der Waals surface area contributed by atoms with Gasteiger partial charge >= 0.3 is 0 Å². The average molecular weight is 371 g/mol. The van der Waals surface area contributed by atoms with Gasteiger partial charge in [0.1, 0.15) is 16.6 Å². The maximum absolute atomic E-state index is 9.18. The summed E-state index contributed by atoms with van der Waals surface area (Å²) < 4.78 is 0. The first-order valence-corrected chi connectivity index (χ1v) is 8.93. The van der Waals surface area contributed by atoms with Crippen molar-refractivity contribution in [3.63, 3.8) is 0 Å². The first-order chi connectivity index (χ1) is 13.3. The maximum atomic E-state index is 9.18. The molecule has 0 aliphatic carbocycles. The van der Waals surface area contributed by atoms with Crippen molar-refractivity contribution in [1.82, 2.24) is 25.6 Å². The highest BCUT2D eigenvalue weighted by molar-refractivity contribution is 7.13. The van der Waals surface area contributed by atoms with Crippen molar-refractivity contribution < 1.29 is 0 Å². The van der Waals surface area contributed by atoms with E-state index in [0.717, 1.165) is 27.5 Å². The number of aromatic amines is 1. The molecule has 8 heteroatoms. The summed E-state index contributed by atoms with van der Waals surface area (Å²) in [7, 11) is 0. The number of nitrogens with zero attached hydrogens (tertiary/aromatic N) is 5. The molecule has 0 radical (unpaired) electrons. The largest absolute Gasteiger partial charge is 0.360 e. The minimum absolute atomic E-state index is 0.248. The Hall–Kier alpha value is -3.83. The zero-order chi connectivity index (χ0) is 18.5. The van der Waals surface area contributed by atoms with Crippen LogP contribution in [0.25, 0.3) is 27.4 Å². The fraction of sp³-hybridized carbons (Fsp3) is 0. The summed E-state index contributed by atoms with van der Waals surface area (Å²) in [6, 6.07) is 20.0. The third kappa shape index (κ3) is 3.73. The Balaban J connectivity index is 1.50. The van der Waals surface area contributed by atoms with Crippen molar-refractivity contribution >= 4 is 22.6 Å². The smallest absolute Gasteiger partial charge is 0.216 e. The van der Waals surface area contributed by atoms with Gasteiger partial charge in [0.25, 0.3) is 0 Å². The Bertz CT molecular complexity index is 1090. The summed E-state index contributed by atoms with van der Waals surface area (Å²) in [5, 5.41) is 28.7. The standard InChI is InChI=1S/C19H13N7S/c20-10-15(18-23-25-26-24-18)11-21-16-8-6-13(7-9-16)17-12-27-19(22-17)14-4-2-1-3-5-14/h1-9,11-12,21H,(H,23,24,25,26). The summed E-state index contributed by atoms with van der Waals surface area (Å²) in [6.07, 6.45) is 1.55. The zero-order valence-electron chi connectivity index (χ0n) is 14.0. The lowest BCUT2D eigenvalue weighted by Crippen LogP contribution is -1.93. The molecule has 2 heterocycles. The van der Waals surface area contributed by atoms with Crippen LogP contribution in [0.1, 0.15) is 5.82 Å². The van der Waals surface area contributed by atoms with E-state index in [1.807, 2.05) is 48.5 Å². The number of benzene rings is 2.